The smallest absolute Gasteiger partial charge is 0.410 e. The van der Waals surface area contributed by atoms with E-state index in [-0.39, 0.29) is 6.09 Å². The van der Waals surface area contributed by atoms with E-state index in [1.807, 2.05) is 35.2 Å². The maximum Gasteiger partial charge on any atom is 0.410 e. The van der Waals surface area contributed by atoms with Crippen molar-refractivity contribution in [2.24, 2.45) is 5.92 Å². The fourth-order valence-electron chi connectivity index (χ4n) is 3.82. The van der Waals surface area contributed by atoms with Crippen molar-refractivity contribution in [1.29, 1.82) is 0 Å². The zero-order valence-corrected chi connectivity index (χ0v) is 15.3. The van der Waals surface area contributed by atoms with Crippen LogP contribution in [0.3, 0.4) is 0 Å². The second kappa shape index (κ2) is 9.20. The highest BCUT2D eigenvalue weighted by Crippen LogP contribution is 2.19. The molecule has 2 fully saturated rings. The van der Waals surface area contributed by atoms with Crippen LogP contribution >= 0.6 is 0 Å². The molecule has 0 saturated carbocycles. The van der Waals surface area contributed by atoms with Crippen LogP contribution in [0.5, 0.6) is 0 Å². The highest BCUT2D eigenvalue weighted by molar-refractivity contribution is 5.67. The number of rotatable bonds is 5. The average molecular weight is 345 g/mol. The van der Waals surface area contributed by atoms with Crippen LogP contribution in [0, 0.1) is 5.92 Å². The molecule has 1 amide bonds. The van der Waals surface area contributed by atoms with Crippen molar-refractivity contribution in [3.63, 3.8) is 0 Å². The van der Waals surface area contributed by atoms with Crippen molar-refractivity contribution in [2.45, 2.75) is 38.8 Å². The first-order chi connectivity index (χ1) is 12.2. The molecule has 5 heteroatoms. The number of carbonyl (C=O) groups is 1. The summed E-state index contributed by atoms with van der Waals surface area (Å²) in [5, 5.41) is 3.43. The number of nitrogens with zero attached hydrogens (tertiary/aromatic N) is 2. The summed E-state index contributed by atoms with van der Waals surface area (Å²) >= 11 is 0. The van der Waals surface area contributed by atoms with Crippen molar-refractivity contribution in [3.05, 3.63) is 35.9 Å². The van der Waals surface area contributed by atoms with E-state index < -0.39 is 0 Å². The molecule has 1 N–H and O–H groups in total. The van der Waals surface area contributed by atoms with Gasteiger partial charge in [-0.05, 0) is 57.3 Å². The van der Waals surface area contributed by atoms with Crippen LogP contribution < -0.4 is 5.32 Å². The van der Waals surface area contributed by atoms with Crippen molar-refractivity contribution in [2.75, 3.05) is 39.3 Å². The molecular weight excluding hydrogens is 314 g/mol. The van der Waals surface area contributed by atoms with Crippen LogP contribution in [0.25, 0.3) is 0 Å². The van der Waals surface area contributed by atoms with Crippen LogP contribution in [0.2, 0.25) is 0 Å². The molecule has 0 radical (unpaired) electrons. The van der Waals surface area contributed by atoms with E-state index in [0.29, 0.717) is 12.6 Å². The zero-order valence-electron chi connectivity index (χ0n) is 15.3. The van der Waals surface area contributed by atoms with Gasteiger partial charge in [-0.15, -0.1) is 0 Å². The fourth-order valence-corrected chi connectivity index (χ4v) is 3.82. The summed E-state index contributed by atoms with van der Waals surface area (Å²) in [6.45, 7) is 8.54. The summed E-state index contributed by atoms with van der Waals surface area (Å²) in [6.07, 6.45) is 3.71. The van der Waals surface area contributed by atoms with Gasteiger partial charge in [0, 0.05) is 25.7 Å². The van der Waals surface area contributed by atoms with Gasteiger partial charge in [0.15, 0.2) is 0 Å². The number of hydrogen-bond acceptors (Lipinski definition) is 4. The van der Waals surface area contributed by atoms with Crippen molar-refractivity contribution in [3.8, 4) is 0 Å². The van der Waals surface area contributed by atoms with E-state index >= 15 is 0 Å². The number of benzene rings is 1. The van der Waals surface area contributed by atoms with Gasteiger partial charge in [0.05, 0.1) is 0 Å². The average Bonchev–Trinajstić information content (AvgIpc) is 2.66. The van der Waals surface area contributed by atoms with Gasteiger partial charge in [-0.1, -0.05) is 30.3 Å². The monoisotopic (exact) mass is 345 g/mol. The Kier molecular flexibility index (Phi) is 6.70. The third kappa shape index (κ3) is 5.44. The van der Waals surface area contributed by atoms with Crippen LogP contribution in [0.1, 0.15) is 31.7 Å². The van der Waals surface area contributed by atoms with Crippen molar-refractivity contribution >= 4 is 6.09 Å². The summed E-state index contributed by atoms with van der Waals surface area (Å²) in [6, 6.07) is 10.3. The van der Waals surface area contributed by atoms with Gasteiger partial charge in [-0.3, -0.25) is 4.90 Å². The first-order valence-corrected chi connectivity index (χ1v) is 9.63. The number of carbonyl (C=O) groups excluding carboxylic acids is 1. The third-order valence-electron chi connectivity index (χ3n) is 5.51. The van der Waals surface area contributed by atoms with Crippen LogP contribution in [-0.2, 0) is 11.3 Å². The molecule has 2 aliphatic rings. The zero-order chi connectivity index (χ0) is 17.5. The van der Waals surface area contributed by atoms with E-state index in [1.165, 1.54) is 32.4 Å². The number of piperidine rings is 1. The van der Waals surface area contributed by atoms with E-state index in [0.717, 1.165) is 37.7 Å². The number of nitrogens with one attached hydrogen (secondary N) is 1. The lowest BCUT2D eigenvalue weighted by Crippen LogP contribution is -2.54. The minimum absolute atomic E-state index is 0.186. The van der Waals surface area contributed by atoms with Gasteiger partial charge in [0.25, 0.3) is 0 Å². The second-order valence-electron chi connectivity index (χ2n) is 7.35. The summed E-state index contributed by atoms with van der Waals surface area (Å²) in [5.41, 5.74) is 1.03. The number of piperazine rings is 1. The summed E-state index contributed by atoms with van der Waals surface area (Å²) in [7, 11) is 0. The Labute approximate surface area is 151 Å². The first kappa shape index (κ1) is 18.2. The molecule has 3 rings (SSSR count). The molecule has 25 heavy (non-hydrogen) atoms. The lowest BCUT2D eigenvalue weighted by atomic mass is 9.94. The van der Waals surface area contributed by atoms with Crippen molar-refractivity contribution in [1.82, 2.24) is 15.1 Å². The van der Waals surface area contributed by atoms with Gasteiger partial charge < -0.3 is 15.0 Å². The van der Waals surface area contributed by atoms with Crippen LogP contribution in [-0.4, -0.2) is 61.2 Å². The molecule has 138 valence electrons. The highest BCUT2D eigenvalue weighted by Gasteiger charge is 2.28. The van der Waals surface area contributed by atoms with E-state index in [1.54, 1.807) is 0 Å². The summed E-state index contributed by atoms with van der Waals surface area (Å²) in [5.74, 6) is 0.863. The maximum atomic E-state index is 12.3. The summed E-state index contributed by atoms with van der Waals surface area (Å²) in [4.78, 5) is 16.7. The number of hydrogen-bond donors (Lipinski definition) is 1. The summed E-state index contributed by atoms with van der Waals surface area (Å²) < 4.78 is 5.47. The molecule has 0 aromatic heterocycles. The molecule has 0 aliphatic carbocycles. The molecule has 2 saturated heterocycles. The number of amides is 1. The molecule has 0 spiro atoms. The van der Waals surface area contributed by atoms with Gasteiger partial charge >= 0.3 is 6.09 Å². The molecule has 0 unspecified atom stereocenters. The fraction of sp³-hybridized carbons (Fsp3) is 0.650. The Morgan fingerprint density at radius 3 is 2.68 bits per heavy atom. The minimum atomic E-state index is -0.186. The van der Waals surface area contributed by atoms with Gasteiger partial charge in [0.1, 0.15) is 6.61 Å². The van der Waals surface area contributed by atoms with E-state index in [2.05, 4.69) is 17.1 Å². The Balaban J connectivity index is 1.39. The largest absolute Gasteiger partial charge is 0.445 e. The molecule has 0 bridgehead atoms. The SMILES string of the molecule is C[C@H]1CN(C(=O)OCc2ccccc2)CCN1CCC1CCNCC1. The first-order valence-electron chi connectivity index (χ1n) is 9.63. The Morgan fingerprint density at radius 2 is 1.96 bits per heavy atom. The van der Waals surface area contributed by atoms with Crippen LogP contribution in [0.15, 0.2) is 30.3 Å². The number of ether oxygens (including phenoxy) is 1. The lowest BCUT2D eigenvalue weighted by molar-refractivity contribution is 0.0490. The van der Waals surface area contributed by atoms with Gasteiger partial charge in [-0.2, -0.15) is 0 Å². The third-order valence-corrected chi connectivity index (χ3v) is 5.51. The lowest BCUT2D eigenvalue weighted by Gasteiger charge is -2.40. The standard InChI is InChI=1S/C20H31N3O2/c1-17-15-23(20(24)25-16-19-5-3-2-4-6-19)14-13-22(17)12-9-18-7-10-21-11-8-18/h2-6,17-18,21H,7-16H2,1H3/t17-/m0/s1. The van der Waals surface area contributed by atoms with Gasteiger partial charge in [-0.25, -0.2) is 4.79 Å². The van der Waals surface area contributed by atoms with Crippen molar-refractivity contribution < 1.29 is 9.53 Å². The van der Waals surface area contributed by atoms with E-state index in [9.17, 15) is 4.79 Å². The molecule has 1 aromatic rings. The predicted molar refractivity (Wildman–Crippen MR) is 99.4 cm³/mol. The highest BCUT2D eigenvalue weighted by atomic mass is 16.6. The second-order valence-corrected chi connectivity index (χ2v) is 7.35. The normalized spacial score (nSPS) is 22.8. The van der Waals surface area contributed by atoms with E-state index in [4.69, 9.17) is 4.74 Å². The maximum absolute atomic E-state index is 12.3. The minimum Gasteiger partial charge on any atom is -0.445 e. The topological polar surface area (TPSA) is 44.8 Å². The molecule has 2 heterocycles. The molecule has 1 aromatic carbocycles. The van der Waals surface area contributed by atoms with Crippen LogP contribution in [0.4, 0.5) is 4.79 Å². The Hall–Kier alpha value is -1.59. The molecule has 1 atom stereocenters. The quantitative estimate of drug-likeness (QED) is 0.891. The molecule has 5 nitrogen and oxygen atoms in total. The Morgan fingerprint density at radius 1 is 1.20 bits per heavy atom. The molecular formula is C20H31N3O2. The predicted octanol–water partition coefficient (Wildman–Crippen LogP) is 2.72. The molecule has 2 aliphatic heterocycles. The van der Waals surface area contributed by atoms with Gasteiger partial charge in [0.2, 0.25) is 0 Å². The Bertz CT molecular complexity index is 531.